The Hall–Kier alpha value is -1.30. The van der Waals surface area contributed by atoms with Crippen molar-refractivity contribution in [1.82, 2.24) is 0 Å². The van der Waals surface area contributed by atoms with Crippen molar-refractivity contribution in [2.24, 2.45) is 0 Å². The highest BCUT2D eigenvalue weighted by Gasteiger charge is 2.17. The summed E-state index contributed by atoms with van der Waals surface area (Å²) in [6.07, 6.45) is 0. The van der Waals surface area contributed by atoms with Crippen molar-refractivity contribution in [3.8, 4) is 17.1 Å². The summed E-state index contributed by atoms with van der Waals surface area (Å²) in [5.74, 6) is -0.234. The number of halogens is 2. The van der Waals surface area contributed by atoms with Crippen LogP contribution in [0.2, 0.25) is 5.02 Å². The molecule has 0 amide bonds. The number of hydrogen-bond acceptors (Lipinski definition) is 4. The van der Waals surface area contributed by atoms with Crippen LogP contribution in [0.4, 0.5) is 0 Å². The first-order chi connectivity index (χ1) is 9.08. The third kappa shape index (κ3) is 2.08. The lowest BCUT2D eigenvalue weighted by Gasteiger charge is -2.06. The molecule has 1 aromatic carbocycles. The molecule has 3 aromatic rings. The van der Waals surface area contributed by atoms with Crippen molar-refractivity contribution in [3.05, 3.63) is 48.7 Å². The van der Waals surface area contributed by atoms with E-state index in [4.69, 9.17) is 16.0 Å². The van der Waals surface area contributed by atoms with Crippen molar-refractivity contribution in [3.63, 3.8) is 0 Å². The predicted octanol–water partition coefficient (Wildman–Crippen LogP) is 4.64. The molecule has 6 heteroatoms. The molecule has 0 aliphatic rings. The van der Waals surface area contributed by atoms with Gasteiger partial charge in [0.25, 0.3) is 0 Å². The zero-order valence-electron chi connectivity index (χ0n) is 9.31. The second-order valence-electron chi connectivity index (χ2n) is 3.89. The molecule has 0 aliphatic carbocycles. The molecule has 19 heavy (non-hydrogen) atoms. The van der Waals surface area contributed by atoms with E-state index in [2.05, 4.69) is 15.9 Å². The fourth-order valence-corrected chi connectivity index (χ4v) is 3.33. The quantitative estimate of drug-likeness (QED) is 0.690. The lowest BCUT2D eigenvalue weighted by atomic mass is 10.1. The summed E-state index contributed by atoms with van der Waals surface area (Å²) >= 11 is 10.7. The topological polar surface area (TPSA) is 50.4 Å². The molecule has 0 aliphatic heterocycles. The Balaban J connectivity index is 2.45. The number of hydrogen-bond donors (Lipinski definition) is 1. The summed E-state index contributed by atoms with van der Waals surface area (Å²) in [5, 5.41) is 14.3. The molecule has 0 saturated carbocycles. The molecule has 0 fully saturated rings. The summed E-state index contributed by atoms with van der Waals surface area (Å²) in [6, 6.07) is 4.89. The van der Waals surface area contributed by atoms with Crippen LogP contribution in [0.3, 0.4) is 0 Å². The zero-order chi connectivity index (χ0) is 13.6. The first-order valence-corrected chi connectivity index (χ1v) is 7.36. The molecule has 0 bridgehead atoms. The van der Waals surface area contributed by atoms with Gasteiger partial charge in [0.2, 0.25) is 11.2 Å². The first-order valence-electron chi connectivity index (χ1n) is 5.25. The van der Waals surface area contributed by atoms with Gasteiger partial charge in [-0.15, -0.1) is 0 Å². The maximum Gasteiger partial charge on any atom is 0.235 e. The van der Waals surface area contributed by atoms with Gasteiger partial charge in [0.05, 0.1) is 9.86 Å². The van der Waals surface area contributed by atoms with Gasteiger partial charge in [-0.1, -0.05) is 11.6 Å². The van der Waals surface area contributed by atoms with Crippen molar-refractivity contribution >= 4 is 49.8 Å². The van der Waals surface area contributed by atoms with E-state index < -0.39 is 11.2 Å². The maximum absolute atomic E-state index is 12.2. The largest absolute Gasteiger partial charge is 0.502 e. The minimum absolute atomic E-state index is 0.168. The van der Waals surface area contributed by atoms with Crippen molar-refractivity contribution in [2.45, 2.75) is 0 Å². The van der Waals surface area contributed by atoms with E-state index in [-0.39, 0.29) is 11.1 Å². The Morgan fingerprint density at radius 3 is 2.84 bits per heavy atom. The van der Waals surface area contributed by atoms with Crippen molar-refractivity contribution in [2.75, 3.05) is 0 Å². The Kier molecular flexibility index (Phi) is 3.12. The molecule has 0 atom stereocenters. The Morgan fingerprint density at radius 1 is 1.37 bits per heavy atom. The first kappa shape index (κ1) is 12.7. The van der Waals surface area contributed by atoms with Gasteiger partial charge in [-0.25, -0.2) is 0 Å². The van der Waals surface area contributed by atoms with Crippen LogP contribution >= 0.6 is 38.9 Å². The standard InChI is InChI=1S/C13H6BrClO3S/c14-9-4-7(15)3-8-10(16)11(17)12(18-13(8)9)6-1-2-19-5-6/h1-5,17H. The van der Waals surface area contributed by atoms with Gasteiger partial charge in [-0.2, -0.15) is 11.3 Å². The number of benzene rings is 1. The highest BCUT2D eigenvalue weighted by Crippen LogP contribution is 2.35. The molecule has 0 saturated heterocycles. The summed E-state index contributed by atoms with van der Waals surface area (Å²) in [4.78, 5) is 12.2. The molecule has 0 unspecified atom stereocenters. The summed E-state index contributed by atoms with van der Waals surface area (Å²) in [5.41, 5.74) is 0.544. The van der Waals surface area contributed by atoms with E-state index in [1.54, 1.807) is 17.5 Å². The second kappa shape index (κ2) is 4.67. The fourth-order valence-electron chi connectivity index (χ4n) is 1.80. The normalized spacial score (nSPS) is 11.1. The second-order valence-corrected chi connectivity index (χ2v) is 5.96. The van der Waals surface area contributed by atoms with Gasteiger partial charge in [-0.3, -0.25) is 4.79 Å². The Labute approximate surface area is 125 Å². The summed E-state index contributed by atoms with van der Waals surface area (Å²) in [6.45, 7) is 0. The van der Waals surface area contributed by atoms with Crippen molar-refractivity contribution in [1.29, 1.82) is 0 Å². The fraction of sp³-hybridized carbons (Fsp3) is 0. The van der Waals surface area contributed by atoms with Crippen molar-refractivity contribution < 1.29 is 9.52 Å². The molecule has 3 rings (SSSR count). The van der Waals surface area contributed by atoms with Gasteiger partial charge in [0.1, 0.15) is 0 Å². The van der Waals surface area contributed by atoms with Gasteiger partial charge in [0, 0.05) is 16.0 Å². The molecule has 3 nitrogen and oxygen atoms in total. The smallest absolute Gasteiger partial charge is 0.235 e. The van der Waals surface area contributed by atoms with E-state index >= 15 is 0 Å². The molecule has 96 valence electrons. The zero-order valence-corrected chi connectivity index (χ0v) is 12.5. The van der Waals surface area contributed by atoms with E-state index in [1.807, 2.05) is 5.38 Å². The van der Waals surface area contributed by atoms with E-state index in [1.165, 1.54) is 17.4 Å². The minimum Gasteiger partial charge on any atom is -0.502 e. The van der Waals surface area contributed by atoms with Crippen LogP contribution < -0.4 is 5.43 Å². The van der Waals surface area contributed by atoms with Crippen LogP contribution in [0, 0.1) is 0 Å². The molecule has 0 spiro atoms. The summed E-state index contributed by atoms with van der Waals surface area (Å²) < 4.78 is 6.23. The molecule has 2 aromatic heterocycles. The number of fused-ring (bicyclic) bond motifs is 1. The average molecular weight is 358 g/mol. The minimum atomic E-state index is -0.495. The lowest BCUT2D eigenvalue weighted by molar-refractivity contribution is 0.449. The van der Waals surface area contributed by atoms with Crippen LogP contribution in [0.5, 0.6) is 5.75 Å². The van der Waals surface area contributed by atoms with Gasteiger partial charge >= 0.3 is 0 Å². The lowest BCUT2D eigenvalue weighted by Crippen LogP contribution is -2.02. The number of thiophene rings is 1. The highest BCUT2D eigenvalue weighted by molar-refractivity contribution is 9.10. The van der Waals surface area contributed by atoms with Gasteiger partial charge in [0.15, 0.2) is 11.3 Å². The number of aromatic hydroxyl groups is 1. The Bertz CT molecular complexity index is 824. The van der Waals surface area contributed by atoms with Gasteiger partial charge in [-0.05, 0) is 39.5 Å². The third-order valence-electron chi connectivity index (χ3n) is 2.67. The highest BCUT2D eigenvalue weighted by atomic mass is 79.9. The SMILES string of the molecule is O=c1c(O)c(-c2ccsc2)oc2c(Br)cc(Cl)cc12. The molecule has 0 radical (unpaired) electrons. The maximum atomic E-state index is 12.2. The summed E-state index contributed by atoms with van der Waals surface area (Å²) in [7, 11) is 0. The van der Waals surface area contributed by atoms with Gasteiger partial charge < -0.3 is 9.52 Å². The molecule has 1 N–H and O–H groups in total. The predicted molar refractivity (Wildman–Crippen MR) is 80.2 cm³/mol. The average Bonchev–Trinajstić information content (AvgIpc) is 2.88. The molecule has 2 heterocycles. The van der Waals surface area contributed by atoms with Crippen LogP contribution in [-0.4, -0.2) is 5.11 Å². The van der Waals surface area contributed by atoms with Crippen LogP contribution in [0.25, 0.3) is 22.3 Å². The monoisotopic (exact) mass is 356 g/mol. The van der Waals surface area contributed by atoms with E-state index in [0.717, 1.165) is 0 Å². The van der Waals surface area contributed by atoms with Crippen LogP contribution in [0.1, 0.15) is 0 Å². The number of rotatable bonds is 1. The van der Waals surface area contributed by atoms with E-state index in [9.17, 15) is 9.90 Å². The molecular weight excluding hydrogens is 352 g/mol. The Morgan fingerprint density at radius 2 is 2.16 bits per heavy atom. The third-order valence-corrected chi connectivity index (χ3v) is 4.16. The van der Waals surface area contributed by atoms with E-state index in [0.29, 0.717) is 20.6 Å². The van der Waals surface area contributed by atoms with Crippen LogP contribution in [0.15, 0.2) is 42.6 Å². The molecular formula is C13H6BrClO3S. The van der Waals surface area contributed by atoms with Crippen LogP contribution in [-0.2, 0) is 0 Å².